The second kappa shape index (κ2) is 8.12. The molecule has 0 aliphatic heterocycles. The molecule has 120 valence electrons. The van der Waals surface area contributed by atoms with Crippen molar-refractivity contribution < 1.29 is 9.90 Å². The topological polar surface area (TPSA) is 73.7 Å². The van der Waals surface area contributed by atoms with Gasteiger partial charge in [0.25, 0.3) is 5.91 Å². The van der Waals surface area contributed by atoms with Gasteiger partial charge >= 0.3 is 0 Å². The van der Waals surface area contributed by atoms with E-state index in [1.54, 1.807) is 19.1 Å². The van der Waals surface area contributed by atoms with Gasteiger partial charge in [-0.15, -0.1) is 0 Å². The number of hydrogen-bond donors (Lipinski definition) is 3. The number of carbonyl (C=O) groups is 1. The minimum atomic E-state index is -0.285. The fraction of sp³-hybridized carbons (Fsp3) is 0.125. The number of anilines is 1. The highest BCUT2D eigenvalue weighted by Gasteiger charge is 2.04. The van der Waals surface area contributed by atoms with Crippen LogP contribution in [0, 0.1) is 6.92 Å². The Morgan fingerprint density at radius 2 is 2.04 bits per heavy atom. The minimum Gasteiger partial charge on any atom is -0.507 e. The van der Waals surface area contributed by atoms with Crippen molar-refractivity contribution >= 4 is 49.7 Å². The highest BCUT2D eigenvalue weighted by atomic mass is 79.9. The van der Waals surface area contributed by atoms with Gasteiger partial charge in [-0.3, -0.25) is 4.79 Å². The van der Waals surface area contributed by atoms with E-state index in [0.717, 1.165) is 20.2 Å². The third kappa shape index (κ3) is 5.37. The molecule has 0 radical (unpaired) electrons. The number of hydrazone groups is 1. The maximum absolute atomic E-state index is 11.7. The summed E-state index contributed by atoms with van der Waals surface area (Å²) in [6, 6.07) is 11.0. The zero-order valence-electron chi connectivity index (χ0n) is 12.3. The van der Waals surface area contributed by atoms with Crippen LogP contribution in [-0.2, 0) is 4.79 Å². The molecule has 23 heavy (non-hydrogen) atoms. The maximum atomic E-state index is 11.7. The summed E-state index contributed by atoms with van der Waals surface area (Å²) >= 11 is 6.71. The Morgan fingerprint density at radius 1 is 1.26 bits per heavy atom. The van der Waals surface area contributed by atoms with E-state index in [4.69, 9.17) is 0 Å². The zero-order chi connectivity index (χ0) is 16.8. The van der Waals surface area contributed by atoms with E-state index in [1.165, 1.54) is 6.21 Å². The molecule has 1 amide bonds. The molecule has 0 fully saturated rings. The number of benzene rings is 2. The van der Waals surface area contributed by atoms with Crippen LogP contribution in [-0.4, -0.2) is 23.8 Å². The van der Waals surface area contributed by atoms with Gasteiger partial charge in [0.2, 0.25) is 0 Å². The third-order valence-electron chi connectivity index (χ3n) is 2.97. The van der Waals surface area contributed by atoms with Crippen molar-refractivity contribution in [1.29, 1.82) is 0 Å². The molecule has 2 rings (SSSR count). The molecule has 0 atom stereocenters. The van der Waals surface area contributed by atoms with Crippen LogP contribution in [0.25, 0.3) is 0 Å². The van der Waals surface area contributed by atoms with Gasteiger partial charge in [-0.1, -0.05) is 37.9 Å². The van der Waals surface area contributed by atoms with Gasteiger partial charge in [0.15, 0.2) is 0 Å². The van der Waals surface area contributed by atoms with Crippen molar-refractivity contribution in [3.05, 3.63) is 56.5 Å². The smallest absolute Gasteiger partial charge is 0.259 e. The molecule has 0 bridgehead atoms. The molecule has 0 aliphatic rings. The van der Waals surface area contributed by atoms with Crippen LogP contribution >= 0.6 is 31.9 Å². The summed E-state index contributed by atoms with van der Waals surface area (Å²) in [6.45, 7) is 1.88. The predicted molar refractivity (Wildman–Crippen MR) is 98.9 cm³/mol. The highest BCUT2D eigenvalue weighted by molar-refractivity contribution is 9.10. The zero-order valence-corrected chi connectivity index (χ0v) is 15.5. The summed E-state index contributed by atoms with van der Waals surface area (Å²) in [5, 5.41) is 16.8. The van der Waals surface area contributed by atoms with Gasteiger partial charge in [-0.05, 0) is 42.8 Å². The van der Waals surface area contributed by atoms with Crippen LogP contribution in [0.3, 0.4) is 0 Å². The lowest BCUT2D eigenvalue weighted by atomic mass is 10.1. The van der Waals surface area contributed by atoms with E-state index in [1.807, 2.05) is 24.3 Å². The summed E-state index contributed by atoms with van der Waals surface area (Å²) in [4.78, 5) is 11.7. The van der Waals surface area contributed by atoms with Crippen LogP contribution in [0.5, 0.6) is 5.75 Å². The van der Waals surface area contributed by atoms with Crippen LogP contribution in [0.1, 0.15) is 11.1 Å². The summed E-state index contributed by atoms with van der Waals surface area (Å²) < 4.78 is 1.76. The standard InChI is InChI=1S/C16H15Br2N3O2/c1-10-5-13(18)6-11(16(10)23)8-20-21-15(22)9-19-14-4-2-3-12(17)7-14/h2-8,19,23H,9H2,1H3,(H,21,22)/b20-8-. The quantitative estimate of drug-likeness (QED) is 0.489. The van der Waals surface area contributed by atoms with Gasteiger partial charge in [0.1, 0.15) is 5.75 Å². The predicted octanol–water partition coefficient (Wildman–Crippen LogP) is 3.79. The molecular formula is C16H15Br2N3O2. The monoisotopic (exact) mass is 439 g/mol. The Balaban J connectivity index is 1.89. The lowest BCUT2D eigenvalue weighted by molar-refractivity contribution is -0.119. The second-order valence-electron chi connectivity index (χ2n) is 4.82. The normalized spacial score (nSPS) is 10.7. The summed E-state index contributed by atoms with van der Waals surface area (Å²) in [5.74, 6) is -0.147. The SMILES string of the molecule is Cc1cc(Br)cc(/C=N\NC(=O)CNc2cccc(Br)c2)c1O. The number of hydrogen-bond acceptors (Lipinski definition) is 4. The number of phenolic OH excluding ortho intramolecular Hbond substituents is 1. The maximum Gasteiger partial charge on any atom is 0.259 e. The van der Waals surface area contributed by atoms with Crippen molar-refractivity contribution in [1.82, 2.24) is 5.43 Å². The van der Waals surface area contributed by atoms with E-state index in [0.29, 0.717) is 5.56 Å². The average Bonchev–Trinajstić information content (AvgIpc) is 2.50. The van der Waals surface area contributed by atoms with Crippen LogP contribution in [0.15, 0.2) is 50.4 Å². The Morgan fingerprint density at radius 3 is 2.78 bits per heavy atom. The Kier molecular flexibility index (Phi) is 6.18. The van der Waals surface area contributed by atoms with E-state index in [2.05, 4.69) is 47.7 Å². The Hall–Kier alpha value is -1.86. The van der Waals surface area contributed by atoms with Crippen molar-refractivity contribution in [3.63, 3.8) is 0 Å². The fourth-order valence-electron chi connectivity index (χ4n) is 1.85. The average molecular weight is 441 g/mol. The molecule has 2 aromatic rings. The summed E-state index contributed by atoms with van der Waals surface area (Å²) in [7, 11) is 0. The number of rotatable bonds is 5. The van der Waals surface area contributed by atoms with Gasteiger partial charge in [-0.2, -0.15) is 5.10 Å². The van der Waals surface area contributed by atoms with E-state index >= 15 is 0 Å². The van der Waals surface area contributed by atoms with Crippen molar-refractivity contribution in [2.75, 3.05) is 11.9 Å². The third-order valence-corrected chi connectivity index (χ3v) is 3.92. The first-order chi connectivity index (χ1) is 11.0. The van der Waals surface area contributed by atoms with Crippen molar-refractivity contribution in [3.8, 4) is 5.75 Å². The molecule has 7 heteroatoms. The molecular weight excluding hydrogens is 426 g/mol. The molecule has 0 saturated carbocycles. The first-order valence-corrected chi connectivity index (χ1v) is 8.35. The lowest BCUT2D eigenvalue weighted by Crippen LogP contribution is -2.25. The summed E-state index contributed by atoms with van der Waals surface area (Å²) in [5.41, 5.74) is 4.49. The van der Waals surface area contributed by atoms with Crippen LogP contribution < -0.4 is 10.7 Å². The van der Waals surface area contributed by atoms with Crippen molar-refractivity contribution in [2.45, 2.75) is 6.92 Å². The molecule has 0 saturated heterocycles. The number of aryl methyl sites for hydroxylation is 1. The number of amides is 1. The number of aromatic hydroxyl groups is 1. The first-order valence-electron chi connectivity index (χ1n) is 6.76. The van der Waals surface area contributed by atoms with Gasteiger partial charge < -0.3 is 10.4 Å². The van der Waals surface area contributed by atoms with Gasteiger partial charge in [0.05, 0.1) is 12.8 Å². The molecule has 0 aliphatic carbocycles. The number of nitrogens with one attached hydrogen (secondary N) is 2. The molecule has 0 spiro atoms. The van der Waals surface area contributed by atoms with Crippen LogP contribution in [0.4, 0.5) is 5.69 Å². The number of carbonyl (C=O) groups excluding carboxylic acids is 1. The molecule has 5 nitrogen and oxygen atoms in total. The Labute approximate surface area is 151 Å². The van der Waals surface area contributed by atoms with Gasteiger partial charge in [0, 0.05) is 20.2 Å². The second-order valence-corrected chi connectivity index (χ2v) is 6.65. The minimum absolute atomic E-state index is 0.0945. The molecule has 0 unspecified atom stereocenters. The largest absolute Gasteiger partial charge is 0.507 e. The Bertz CT molecular complexity index is 748. The highest BCUT2D eigenvalue weighted by Crippen LogP contribution is 2.25. The molecule has 0 aromatic heterocycles. The molecule has 2 aromatic carbocycles. The van der Waals surface area contributed by atoms with E-state index < -0.39 is 0 Å². The van der Waals surface area contributed by atoms with Crippen LogP contribution in [0.2, 0.25) is 0 Å². The number of halogens is 2. The van der Waals surface area contributed by atoms with E-state index in [9.17, 15) is 9.90 Å². The molecule has 3 N–H and O–H groups in total. The fourth-order valence-corrected chi connectivity index (χ4v) is 2.84. The number of phenols is 1. The number of nitrogens with zero attached hydrogens (tertiary/aromatic N) is 1. The summed E-state index contributed by atoms with van der Waals surface area (Å²) in [6.07, 6.45) is 1.41. The van der Waals surface area contributed by atoms with E-state index in [-0.39, 0.29) is 18.2 Å². The molecule has 0 heterocycles. The lowest BCUT2D eigenvalue weighted by Gasteiger charge is -2.06. The first kappa shape index (κ1) is 17.5. The van der Waals surface area contributed by atoms with Gasteiger partial charge in [-0.25, -0.2) is 5.43 Å². The van der Waals surface area contributed by atoms with Crippen molar-refractivity contribution in [2.24, 2.45) is 5.10 Å².